The Morgan fingerprint density at radius 1 is 1.15 bits per heavy atom. The number of amides is 3. The van der Waals surface area contributed by atoms with Gasteiger partial charge in [0.15, 0.2) is 0 Å². The summed E-state index contributed by atoms with van der Waals surface area (Å²) in [5, 5.41) is 2.90. The summed E-state index contributed by atoms with van der Waals surface area (Å²) >= 11 is 0. The van der Waals surface area contributed by atoms with E-state index in [0.29, 0.717) is 31.9 Å². The Morgan fingerprint density at radius 3 is 2.72 bits per heavy atom. The molecule has 0 bridgehead atoms. The molecule has 2 aromatic heterocycles. The van der Waals surface area contributed by atoms with Gasteiger partial charge < -0.3 is 24.1 Å². The van der Waals surface area contributed by atoms with Crippen molar-refractivity contribution in [1.82, 2.24) is 24.3 Å². The molecule has 0 aliphatic carbocycles. The normalized spacial score (nSPS) is 18.7. The fraction of sp³-hybridized carbons (Fsp3) is 0.464. The van der Waals surface area contributed by atoms with Crippen LogP contribution in [0.5, 0.6) is 0 Å². The number of imidazole rings is 1. The Morgan fingerprint density at radius 2 is 1.97 bits per heavy atom. The molecule has 206 valence electrons. The lowest BCUT2D eigenvalue weighted by atomic mass is 9.96. The molecule has 1 aromatic carbocycles. The molecule has 0 saturated carbocycles. The standard InChI is InChI=1S/C28H34N6O5/c1-18-7-8-21-22(34(18)28(38)39-3)9-10-23-27(21)30-24(12-15-31-13-5-4-6-25(31)36)33(23)17-26(37)32-14-11-20(16-32)29-19(2)35/h4-6,9-10,13,18,20H,7-8,11-12,14-17H2,1-3H3,(H,29,35)/t18-,20-/m0/s1. The highest BCUT2D eigenvalue weighted by atomic mass is 16.5. The maximum absolute atomic E-state index is 13.4. The van der Waals surface area contributed by atoms with Gasteiger partial charge in [-0.15, -0.1) is 0 Å². The minimum Gasteiger partial charge on any atom is -0.452 e. The summed E-state index contributed by atoms with van der Waals surface area (Å²) in [6.45, 7) is 5.04. The molecule has 1 fully saturated rings. The van der Waals surface area contributed by atoms with Crippen LogP contribution in [-0.2, 0) is 40.3 Å². The lowest BCUT2D eigenvalue weighted by molar-refractivity contribution is -0.131. The lowest BCUT2D eigenvalue weighted by Crippen LogP contribution is -2.42. The van der Waals surface area contributed by atoms with Crippen LogP contribution in [0.2, 0.25) is 0 Å². The minimum absolute atomic E-state index is 0.0118. The Kier molecular flexibility index (Phi) is 7.40. The third-order valence-electron chi connectivity index (χ3n) is 7.68. The van der Waals surface area contributed by atoms with Gasteiger partial charge in [-0.3, -0.25) is 19.3 Å². The number of pyridine rings is 1. The molecule has 3 aromatic rings. The number of hydrogen-bond donors (Lipinski definition) is 1. The predicted octanol–water partition coefficient (Wildman–Crippen LogP) is 2.09. The van der Waals surface area contributed by atoms with Gasteiger partial charge in [-0.2, -0.15) is 0 Å². The van der Waals surface area contributed by atoms with Gasteiger partial charge in [0.2, 0.25) is 11.8 Å². The second-order valence-electron chi connectivity index (χ2n) is 10.3. The van der Waals surface area contributed by atoms with Crippen molar-refractivity contribution in [2.75, 3.05) is 25.1 Å². The minimum atomic E-state index is -0.413. The summed E-state index contributed by atoms with van der Waals surface area (Å²) in [5.74, 6) is 0.541. The molecule has 3 amide bonds. The van der Waals surface area contributed by atoms with Crippen molar-refractivity contribution in [1.29, 1.82) is 0 Å². The first kappa shape index (κ1) is 26.5. The van der Waals surface area contributed by atoms with Crippen LogP contribution in [-0.4, -0.2) is 69.2 Å². The fourth-order valence-electron chi connectivity index (χ4n) is 5.71. The molecule has 11 heteroatoms. The molecule has 2 aliphatic rings. The quantitative estimate of drug-likeness (QED) is 0.517. The molecule has 0 unspecified atom stereocenters. The molecule has 1 saturated heterocycles. The molecular formula is C28H34N6O5. The lowest BCUT2D eigenvalue weighted by Gasteiger charge is -2.34. The van der Waals surface area contributed by atoms with Gasteiger partial charge in [-0.05, 0) is 44.4 Å². The summed E-state index contributed by atoms with van der Waals surface area (Å²) in [5.41, 5.74) is 3.20. The average Bonchev–Trinajstić information content (AvgIpc) is 3.52. The molecule has 39 heavy (non-hydrogen) atoms. The maximum Gasteiger partial charge on any atom is 0.414 e. The van der Waals surface area contributed by atoms with E-state index in [0.717, 1.165) is 41.5 Å². The second kappa shape index (κ2) is 10.9. The zero-order valence-corrected chi connectivity index (χ0v) is 22.6. The number of benzene rings is 1. The number of aromatic nitrogens is 3. The van der Waals surface area contributed by atoms with Gasteiger partial charge in [0.25, 0.3) is 5.56 Å². The highest BCUT2D eigenvalue weighted by Gasteiger charge is 2.32. The molecule has 11 nitrogen and oxygen atoms in total. The van der Waals surface area contributed by atoms with Crippen LogP contribution in [0.1, 0.15) is 38.1 Å². The van der Waals surface area contributed by atoms with Crippen molar-refractivity contribution < 1.29 is 19.1 Å². The van der Waals surface area contributed by atoms with Gasteiger partial charge >= 0.3 is 6.09 Å². The largest absolute Gasteiger partial charge is 0.452 e. The molecule has 1 N–H and O–H groups in total. The van der Waals surface area contributed by atoms with Crippen LogP contribution in [0.25, 0.3) is 11.0 Å². The molecule has 2 aliphatic heterocycles. The number of rotatable bonds is 6. The van der Waals surface area contributed by atoms with Crippen LogP contribution >= 0.6 is 0 Å². The van der Waals surface area contributed by atoms with Crippen molar-refractivity contribution in [3.05, 3.63) is 58.3 Å². The molecule has 0 radical (unpaired) electrons. The molecule has 5 rings (SSSR count). The highest BCUT2D eigenvalue weighted by molar-refractivity contribution is 5.95. The van der Waals surface area contributed by atoms with E-state index in [1.165, 1.54) is 20.1 Å². The number of carbonyl (C=O) groups excluding carboxylic acids is 3. The third-order valence-corrected chi connectivity index (χ3v) is 7.68. The average molecular weight is 535 g/mol. The first-order valence-corrected chi connectivity index (χ1v) is 13.3. The van der Waals surface area contributed by atoms with Crippen LogP contribution in [0, 0.1) is 0 Å². The van der Waals surface area contributed by atoms with E-state index < -0.39 is 6.09 Å². The molecular weight excluding hydrogens is 500 g/mol. The number of aryl methyl sites for hydroxylation is 3. The van der Waals surface area contributed by atoms with Gasteiger partial charge in [-0.1, -0.05) is 6.07 Å². The smallest absolute Gasteiger partial charge is 0.414 e. The van der Waals surface area contributed by atoms with E-state index in [9.17, 15) is 19.2 Å². The van der Waals surface area contributed by atoms with Crippen LogP contribution in [0.4, 0.5) is 10.5 Å². The molecule has 4 heterocycles. The Hall–Kier alpha value is -4.15. The monoisotopic (exact) mass is 534 g/mol. The predicted molar refractivity (Wildman–Crippen MR) is 146 cm³/mol. The molecule has 0 spiro atoms. The number of hydrogen-bond acceptors (Lipinski definition) is 6. The molecule has 2 atom stereocenters. The Bertz CT molecular complexity index is 1480. The maximum atomic E-state index is 13.4. The second-order valence-corrected chi connectivity index (χ2v) is 10.3. The van der Waals surface area contributed by atoms with E-state index in [2.05, 4.69) is 5.32 Å². The summed E-state index contributed by atoms with van der Waals surface area (Å²) < 4.78 is 8.61. The first-order valence-electron chi connectivity index (χ1n) is 13.3. The number of fused-ring (bicyclic) bond motifs is 3. The third kappa shape index (κ3) is 5.25. The van der Waals surface area contributed by atoms with Crippen LogP contribution in [0.15, 0.2) is 41.3 Å². The number of likely N-dealkylation sites (tertiary alicyclic amines) is 1. The first-order chi connectivity index (χ1) is 18.8. The van der Waals surface area contributed by atoms with E-state index in [1.807, 2.05) is 29.7 Å². The number of carbonyl (C=O) groups is 3. The number of nitrogens with zero attached hydrogens (tertiary/aromatic N) is 5. The number of nitrogens with one attached hydrogen (secondary N) is 1. The van der Waals surface area contributed by atoms with Gasteiger partial charge in [0.05, 0.1) is 23.8 Å². The number of ether oxygens (including phenoxy) is 1. The number of methoxy groups -OCH3 is 1. The van der Waals surface area contributed by atoms with E-state index >= 15 is 0 Å². The van der Waals surface area contributed by atoms with Crippen molar-refractivity contribution in [2.24, 2.45) is 0 Å². The van der Waals surface area contributed by atoms with Crippen molar-refractivity contribution in [2.45, 2.75) is 64.7 Å². The zero-order chi connectivity index (χ0) is 27.7. The van der Waals surface area contributed by atoms with Gasteiger partial charge in [0.1, 0.15) is 12.4 Å². The fourth-order valence-corrected chi connectivity index (χ4v) is 5.71. The van der Waals surface area contributed by atoms with Gasteiger partial charge in [-0.25, -0.2) is 9.78 Å². The van der Waals surface area contributed by atoms with Crippen molar-refractivity contribution >= 4 is 34.6 Å². The van der Waals surface area contributed by atoms with E-state index in [4.69, 9.17) is 9.72 Å². The Labute approximate surface area is 226 Å². The summed E-state index contributed by atoms with van der Waals surface area (Å²) in [4.78, 5) is 58.2. The summed E-state index contributed by atoms with van der Waals surface area (Å²) in [7, 11) is 1.38. The zero-order valence-electron chi connectivity index (χ0n) is 22.6. The van der Waals surface area contributed by atoms with Gasteiger partial charge in [0, 0.05) is 62.9 Å². The van der Waals surface area contributed by atoms with Crippen LogP contribution in [0.3, 0.4) is 0 Å². The number of anilines is 1. The van der Waals surface area contributed by atoms with Crippen molar-refractivity contribution in [3.8, 4) is 0 Å². The SMILES string of the molecule is COC(=O)N1c2ccc3c(nc(CCn4ccccc4=O)n3CC(=O)N3CC[C@H](NC(C)=O)C3)c2CC[C@@H]1C. The van der Waals surface area contributed by atoms with E-state index in [-0.39, 0.29) is 36.0 Å². The highest BCUT2D eigenvalue weighted by Crippen LogP contribution is 2.36. The Balaban J connectivity index is 1.50. The topological polar surface area (TPSA) is 119 Å². The summed E-state index contributed by atoms with van der Waals surface area (Å²) in [6, 6.07) is 8.79. The summed E-state index contributed by atoms with van der Waals surface area (Å²) in [6.07, 6.45) is 4.00. The van der Waals surface area contributed by atoms with Crippen molar-refractivity contribution in [3.63, 3.8) is 0 Å². The van der Waals surface area contributed by atoms with Crippen LogP contribution < -0.4 is 15.8 Å². The van der Waals surface area contributed by atoms with E-state index in [1.54, 1.807) is 26.6 Å².